The summed E-state index contributed by atoms with van der Waals surface area (Å²) < 4.78 is 37.2. The summed E-state index contributed by atoms with van der Waals surface area (Å²) in [5.41, 5.74) is 0.742. The number of hydrogen-bond acceptors (Lipinski definition) is 5. The van der Waals surface area contributed by atoms with E-state index in [-0.39, 0.29) is 42.5 Å². The normalized spacial score (nSPS) is 22.2. The number of hydrazone groups is 1. The Morgan fingerprint density at radius 3 is 2.85 bits per heavy atom. The summed E-state index contributed by atoms with van der Waals surface area (Å²) in [4.78, 5) is 24.4. The molecule has 1 aromatic carbocycles. The number of sulfone groups is 1. The SMILES string of the molecule is O=C(NCc1cc(F)ccc1Br)C1=NN(C2CCS(=O)(=O)C2)C(=O)CC1. The predicted octanol–water partition coefficient (Wildman–Crippen LogP) is 1.37. The van der Waals surface area contributed by atoms with Crippen LogP contribution < -0.4 is 5.32 Å². The van der Waals surface area contributed by atoms with Gasteiger partial charge in [-0.1, -0.05) is 15.9 Å². The molecule has 0 saturated carbocycles. The minimum atomic E-state index is -3.17. The van der Waals surface area contributed by atoms with Crippen LogP contribution in [-0.2, 0) is 26.0 Å². The predicted molar refractivity (Wildman–Crippen MR) is 96.5 cm³/mol. The standard InChI is InChI=1S/C16H17BrFN3O4S/c17-13-2-1-11(18)7-10(13)8-19-16(23)14-3-4-15(22)21(20-14)12-5-6-26(24,25)9-12/h1-2,7,12H,3-6,8-9H2,(H,19,23). The fraction of sp³-hybridized carbons (Fsp3) is 0.438. The second-order valence-electron chi connectivity index (χ2n) is 6.26. The van der Waals surface area contributed by atoms with Gasteiger partial charge < -0.3 is 5.32 Å². The zero-order valence-corrected chi connectivity index (χ0v) is 16.1. The summed E-state index contributed by atoms with van der Waals surface area (Å²) in [6.45, 7) is 0.0992. The van der Waals surface area contributed by atoms with E-state index < -0.39 is 27.6 Å². The Morgan fingerprint density at radius 2 is 2.15 bits per heavy atom. The average molecular weight is 446 g/mol. The Balaban J connectivity index is 1.69. The van der Waals surface area contributed by atoms with Crippen LogP contribution in [0.1, 0.15) is 24.8 Å². The van der Waals surface area contributed by atoms with Crippen molar-refractivity contribution in [1.29, 1.82) is 0 Å². The summed E-state index contributed by atoms with van der Waals surface area (Å²) in [6.07, 6.45) is 0.611. The van der Waals surface area contributed by atoms with Gasteiger partial charge in [-0.2, -0.15) is 5.10 Å². The smallest absolute Gasteiger partial charge is 0.267 e. The molecule has 10 heteroatoms. The molecule has 0 bridgehead atoms. The molecule has 1 atom stereocenters. The molecule has 3 rings (SSSR count). The van der Waals surface area contributed by atoms with Crippen molar-refractivity contribution < 1.29 is 22.4 Å². The maximum Gasteiger partial charge on any atom is 0.267 e. The first-order chi connectivity index (χ1) is 12.2. The number of nitrogens with one attached hydrogen (secondary N) is 1. The van der Waals surface area contributed by atoms with Crippen LogP contribution in [0.5, 0.6) is 0 Å². The second-order valence-corrected chi connectivity index (χ2v) is 9.34. The van der Waals surface area contributed by atoms with Crippen molar-refractivity contribution in [2.45, 2.75) is 31.8 Å². The number of amides is 2. The van der Waals surface area contributed by atoms with Gasteiger partial charge in [-0.25, -0.2) is 17.8 Å². The molecule has 1 aromatic rings. The molecule has 0 radical (unpaired) electrons. The molecule has 26 heavy (non-hydrogen) atoms. The Morgan fingerprint density at radius 1 is 1.38 bits per heavy atom. The number of carbonyl (C=O) groups is 2. The second kappa shape index (κ2) is 7.43. The topological polar surface area (TPSA) is 95.9 Å². The van der Waals surface area contributed by atoms with Crippen molar-refractivity contribution in [3.8, 4) is 0 Å². The summed E-state index contributed by atoms with van der Waals surface area (Å²) in [5, 5.41) is 7.90. The maximum absolute atomic E-state index is 13.3. The number of hydrogen-bond donors (Lipinski definition) is 1. The van der Waals surface area contributed by atoms with E-state index in [0.717, 1.165) is 5.01 Å². The van der Waals surface area contributed by atoms with Crippen molar-refractivity contribution in [3.63, 3.8) is 0 Å². The van der Waals surface area contributed by atoms with E-state index >= 15 is 0 Å². The minimum absolute atomic E-state index is 0.0199. The van der Waals surface area contributed by atoms with Gasteiger partial charge in [-0.15, -0.1) is 0 Å². The average Bonchev–Trinajstić information content (AvgIpc) is 2.95. The largest absolute Gasteiger partial charge is 0.347 e. The third-order valence-corrected chi connectivity index (χ3v) is 6.85. The maximum atomic E-state index is 13.3. The monoisotopic (exact) mass is 445 g/mol. The molecule has 0 aliphatic carbocycles. The van der Waals surface area contributed by atoms with E-state index in [2.05, 4.69) is 26.3 Å². The number of halogens is 2. The number of carbonyl (C=O) groups excluding carboxylic acids is 2. The van der Waals surface area contributed by atoms with Crippen LogP contribution in [0.2, 0.25) is 0 Å². The number of nitrogens with zero attached hydrogens (tertiary/aromatic N) is 2. The van der Waals surface area contributed by atoms with Gasteiger partial charge in [0.05, 0.1) is 17.5 Å². The van der Waals surface area contributed by atoms with Gasteiger partial charge in [0.15, 0.2) is 9.84 Å². The third-order valence-electron chi connectivity index (χ3n) is 4.32. The van der Waals surface area contributed by atoms with Gasteiger partial charge >= 0.3 is 0 Å². The van der Waals surface area contributed by atoms with Crippen LogP contribution in [0.4, 0.5) is 4.39 Å². The first-order valence-electron chi connectivity index (χ1n) is 8.07. The Bertz CT molecular complexity index is 887. The molecular weight excluding hydrogens is 429 g/mol. The lowest BCUT2D eigenvalue weighted by Gasteiger charge is -2.27. The van der Waals surface area contributed by atoms with Crippen molar-refractivity contribution in [1.82, 2.24) is 10.3 Å². The molecule has 1 saturated heterocycles. The zero-order valence-electron chi connectivity index (χ0n) is 13.7. The summed E-state index contributed by atoms with van der Waals surface area (Å²) in [7, 11) is -3.17. The molecule has 2 heterocycles. The zero-order chi connectivity index (χ0) is 18.9. The number of benzene rings is 1. The molecule has 2 aliphatic heterocycles. The van der Waals surface area contributed by atoms with E-state index in [4.69, 9.17) is 0 Å². The van der Waals surface area contributed by atoms with Gasteiger partial charge in [0.1, 0.15) is 11.5 Å². The van der Waals surface area contributed by atoms with Crippen molar-refractivity contribution in [2.24, 2.45) is 5.10 Å². The van der Waals surface area contributed by atoms with E-state index in [0.29, 0.717) is 16.5 Å². The molecular formula is C16H17BrFN3O4S. The molecule has 2 amide bonds. The highest BCUT2D eigenvalue weighted by atomic mass is 79.9. The summed E-state index contributed by atoms with van der Waals surface area (Å²) in [6, 6.07) is 3.65. The highest BCUT2D eigenvalue weighted by Gasteiger charge is 2.37. The minimum Gasteiger partial charge on any atom is -0.347 e. The first kappa shape index (κ1) is 19.0. The van der Waals surface area contributed by atoms with Crippen LogP contribution in [0, 0.1) is 5.82 Å². The Hall–Kier alpha value is -1.81. The van der Waals surface area contributed by atoms with Gasteiger partial charge in [-0.3, -0.25) is 9.59 Å². The summed E-state index contributed by atoms with van der Waals surface area (Å²) in [5.74, 6) is -1.26. The number of rotatable bonds is 4. The molecule has 0 spiro atoms. The van der Waals surface area contributed by atoms with Crippen molar-refractivity contribution >= 4 is 43.3 Å². The van der Waals surface area contributed by atoms with E-state index in [1.807, 2.05) is 0 Å². The first-order valence-corrected chi connectivity index (χ1v) is 10.7. The van der Waals surface area contributed by atoms with Gasteiger partial charge in [0, 0.05) is 23.9 Å². The van der Waals surface area contributed by atoms with Crippen LogP contribution >= 0.6 is 15.9 Å². The molecule has 1 fully saturated rings. The van der Waals surface area contributed by atoms with Gasteiger partial charge in [-0.05, 0) is 30.2 Å². The van der Waals surface area contributed by atoms with Crippen molar-refractivity contribution in [3.05, 3.63) is 34.1 Å². The van der Waals surface area contributed by atoms with Crippen LogP contribution in [0.3, 0.4) is 0 Å². The summed E-state index contributed by atoms with van der Waals surface area (Å²) >= 11 is 3.29. The van der Waals surface area contributed by atoms with Crippen LogP contribution in [0.25, 0.3) is 0 Å². The molecule has 2 aliphatic rings. The van der Waals surface area contributed by atoms with Crippen LogP contribution in [0.15, 0.2) is 27.8 Å². The highest BCUT2D eigenvalue weighted by Crippen LogP contribution is 2.22. The fourth-order valence-corrected chi connectivity index (χ4v) is 5.02. The molecule has 7 nitrogen and oxygen atoms in total. The lowest BCUT2D eigenvalue weighted by atomic mass is 10.1. The Kier molecular flexibility index (Phi) is 5.42. The van der Waals surface area contributed by atoms with E-state index in [9.17, 15) is 22.4 Å². The lowest BCUT2D eigenvalue weighted by Crippen LogP contribution is -2.43. The fourth-order valence-electron chi connectivity index (χ4n) is 2.94. The third kappa shape index (κ3) is 4.29. The van der Waals surface area contributed by atoms with Gasteiger partial charge in [0.25, 0.3) is 5.91 Å². The Labute approximate surface area is 158 Å². The van der Waals surface area contributed by atoms with E-state index in [1.165, 1.54) is 12.1 Å². The van der Waals surface area contributed by atoms with Crippen molar-refractivity contribution in [2.75, 3.05) is 11.5 Å². The van der Waals surface area contributed by atoms with Crippen LogP contribution in [-0.4, -0.2) is 48.5 Å². The molecule has 0 aromatic heterocycles. The quantitative estimate of drug-likeness (QED) is 0.756. The van der Waals surface area contributed by atoms with E-state index in [1.54, 1.807) is 6.07 Å². The molecule has 140 valence electrons. The molecule has 1 unspecified atom stereocenters. The lowest BCUT2D eigenvalue weighted by molar-refractivity contribution is -0.133. The van der Waals surface area contributed by atoms with Gasteiger partial charge in [0.2, 0.25) is 5.91 Å². The highest BCUT2D eigenvalue weighted by molar-refractivity contribution is 9.10. The molecule has 1 N–H and O–H groups in total.